The van der Waals surface area contributed by atoms with E-state index < -0.39 is 16.1 Å². The molecule has 0 aliphatic heterocycles. The molecule has 0 heterocycles. The molecule has 18 heavy (non-hydrogen) atoms. The lowest BCUT2D eigenvalue weighted by molar-refractivity contribution is 0.243. The molecule has 1 aromatic rings. The molecule has 4 N–H and O–H groups in total. The van der Waals surface area contributed by atoms with Crippen molar-refractivity contribution in [1.82, 2.24) is 10.0 Å². The van der Waals surface area contributed by atoms with Crippen LogP contribution in [-0.2, 0) is 10.0 Å². The first-order valence-corrected chi connectivity index (χ1v) is 6.90. The highest BCUT2D eigenvalue weighted by molar-refractivity contribution is 7.90. The van der Waals surface area contributed by atoms with Gasteiger partial charge in [0, 0.05) is 11.7 Å². The third kappa shape index (κ3) is 3.36. The van der Waals surface area contributed by atoms with Crippen molar-refractivity contribution >= 4 is 21.7 Å². The van der Waals surface area contributed by atoms with E-state index in [1.165, 1.54) is 12.1 Å². The van der Waals surface area contributed by atoms with Crippen molar-refractivity contribution in [3.8, 4) is 0 Å². The maximum atomic E-state index is 12.0. The van der Waals surface area contributed by atoms with Crippen molar-refractivity contribution in [3.05, 3.63) is 23.8 Å². The first kappa shape index (κ1) is 14.3. The lowest BCUT2D eigenvalue weighted by Gasteiger charge is -2.12. The van der Waals surface area contributed by atoms with Gasteiger partial charge in [-0.15, -0.1) is 0 Å². The van der Waals surface area contributed by atoms with Crippen LogP contribution in [0.15, 0.2) is 23.1 Å². The molecule has 2 amide bonds. The Bertz CT molecular complexity index is 553. The number of carbonyl (C=O) groups excluding carboxylic acids is 1. The van der Waals surface area contributed by atoms with E-state index in [-0.39, 0.29) is 10.9 Å². The van der Waals surface area contributed by atoms with E-state index in [1.54, 1.807) is 26.8 Å². The van der Waals surface area contributed by atoms with Gasteiger partial charge in [0.1, 0.15) is 0 Å². The molecule has 0 saturated heterocycles. The van der Waals surface area contributed by atoms with Crippen LogP contribution < -0.4 is 15.8 Å². The number of benzene rings is 1. The molecule has 0 saturated carbocycles. The highest BCUT2D eigenvalue weighted by Gasteiger charge is 2.20. The van der Waals surface area contributed by atoms with Gasteiger partial charge in [-0.05, 0) is 38.5 Å². The lowest BCUT2D eigenvalue weighted by atomic mass is 10.2. The van der Waals surface area contributed by atoms with Gasteiger partial charge in [0.2, 0.25) is 0 Å². The van der Waals surface area contributed by atoms with Crippen LogP contribution in [0.4, 0.5) is 10.5 Å². The largest absolute Gasteiger partial charge is 0.398 e. The summed E-state index contributed by atoms with van der Waals surface area (Å²) < 4.78 is 25.9. The third-order valence-electron chi connectivity index (χ3n) is 2.26. The van der Waals surface area contributed by atoms with Crippen molar-refractivity contribution in [2.45, 2.75) is 31.7 Å². The zero-order valence-corrected chi connectivity index (χ0v) is 11.3. The second kappa shape index (κ2) is 5.26. The van der Waals surface area contributed by atoms with Crippen molar-refractivity contribution in [2.75, 3.05) is 5.73 Å². The first-order chi connectivity index (χ1) is 8.24. The zero-order valence-electron chi connectivity index (χ0n) is 10.5. The Labute approximate surface area is 107 Å². The van der Waals surface area contributed by atoms with Gasteiger partial charge < -0.3 is 11.1 Å². The van der Waals surface area contributed by atoms with Crippen molar-refractivity contribution in [3.63, 3.8) is 0 Å². The fraction of sp³-hybridized carbons (Fsp3) is 0.364. The van der Waals surface area contributed by atoms with Crippen LogP contribution in [-0.4, -0.2) is 20.5 Å². The van der Waals surface area contributed by atoms with Crippen LogP contribution >= 0.6 is 0 Å². The fourth-order valence-electron chi connectivity index (χ4n) is 1.39. The summed E-state index contributed by atoms with van der Waals surface area (Å²) in [6.45, 7) is 5.06. The van der Waals surface area contributed by atoms with E-state index in [0.29, 0.717) is 11.3 Å². The SMILES string of the molecule is Cc1c(N)cccc1S(=O)(=O)NC(=O)NC(C)C. The highest BCUT2D eigenvalue weighted by Crippen LogP contribution is 2.19. The summed E-state index contributed by atoms with van der Waals surface area (Å²) in [5, 5.41) is 2.44. The van der Waals surface area contributed by atoms with Gasteiger partial charge in [0.25, 0.3) is 10.0 Å². The van der Waals surface area contributed by atoms with Gasteiger partial charge in [0.15, 0.2) is 0 Å². The fourth-order valence-corrected chi connectivity index (χ4v) is 2.58. The number of hydrogen-bond donors (Lipinski definition) is 3. The second-order valence-corrected chi connectivity index (χ2v) is 5.85. The molecule has 0 aliphatic carbocycles. The summed E-state index contributed by atoms with van der Waals surface area (Å²) in [4.78, 5) is 11.4. The number of nitrogen functional groups attached to an aromatic ring is 1. The number of hydrogen-bond acceptors (Lipinski definition) is 4. The van der Waals surface area contributed by atoms with Crippen LogP contribution in [0, 0.1) is 6.92 Å². The Morgan fingerprint density at radius 1 is 1.33 bits per heavy atom. The predicted molar refractivity (Wildman–Crippen MR) is 69.6 cm³/mol. The van der Waals surface area contributed by atoms with E-state index in [9.17, 15) is 13.2 Å². The van der Waals surface area contributed by atoms with E-state index in [1.807, 2.05) is 4.72 Å². The highest BCUT2D eigenvalue weighted by atomic mass is 32.2. The third-order valence-corrected chi connectivity index (χ3v) is 3.74. The quantitative estimate of drug-likeness (QED) is 0.713. The van der Waals surface area contributed by atoms with Crippen LogP contribution in [0.1, 0.15) is 19.4 Å². The standard InChI is InChI=1S/C11H17N3O3S/c1-7(2)13-11(15)14-18(16,17)10-6-4-5-9(12)8(10)3/h4-7H,12H2,1-3H3,(H2,13,14,15). The van der Waals surface area contributed by atoms with E-state index in [4.69, 9.17) is 5.73 Å². The second-order valence-electron chi connectivity index (χ2n) is 4.20. The summed E-state index contributed by atoms with van der Waals surface area (Å²) >= 11 is 0. The van der Waals surface area contributed by atoms with Crippen LogP contribution in [0.25, 0.3) is 0 Å². The molecular weight excluding hydrogens is 254 g/mol. The van der Waals surface area contributed by atoms with Crippen molar-refractivity contribution < 1.29 is 13.2 Å². The average Bonchev–Trinajstić information content (AvgIpc) is 2.19. The van der Waals surface area contributed by atoms with E-state index in [0.717, 1.165) is 0 Å². The molecule has 0 radical (unpaired) electrons. The predicted octanol–water partition coefficient (Wildman–Crippen LogP) is 0.974. The van der Waals surface area contributed by atoms with Gasteiger partial charge in [-0.3, -0.25) is 0 Å². The summed E-state index contributed by atoms with van der Waals surface area (Å²) in [7, 11) is -3.90. The minimum atomic E-state index is -3.90. The minimum Gasteiger partial charge on any atom is -0.398 e. The van der Waals surface area contributed by atoms with Crippen LogP contribution in [0.3, 0.4) is 0 Å². The molecule has 0 spiro atoms. The first-order valence-electron chi connectivity index (χ1n) is 5.42. The van der Waals surface area contributed by atoms with Gasteiger partial charge >= 0.3 is 6.03 Å². The number of sulfonamides is 1. The molecule has 7 heteroatoms. The van der Waals surface area contributed by atoms with E-state index in [2.05, 4.69) is 5.32 Å². The van der Waals surface area contributed by atoms with Crippen molar-refractivity contribution in [1.29, 1.82) is 0 Å². The Kier molecular flexibility index (Phi) is 4.18. The van der Waals surface area contributed by atoms with E-state index >= 15 is 0 Å². The number of anilines is 1. The zero-order chi connectivity index (χ0) is 13.9. The maximum absolute atomic E-state index is 12.0. The summed E-state index contributed by atoms with van der Waals surface area (Å²) in [5.41, 5.74) is 6.42. The molecule has 0 unspecified atom stereocenters. The van der Waals surface area contributed by atoms with Gasteiger partial charge in [-0.1, -0.05) is 6.07 Å². The van der Waals surface area contributed by atoms with Crippen molar-refractivity contribution in [2.24, 2.45) is 0 Å². The minimum absolute atomic E-state index is 0.00130. The van der Waals surface area contributed by atoms with Gasteiger partial charge in [0.05, 0.1) is 4.90 Å². The Morgan fingerprint density at radius 2 is 1.94 bits per heavy atom. The Hall–Kier alpha value is -1.76. The maximum Gasteiger partial charge on any atom is 0.328 e. The summed E-state index contributed by atoms with van der Waals surface area (Å²) in [5.74, 6) is 0. The molecule has 100 valence electrons. The number of urea groups is 1. The van der Waals surface area contributed by atoms with Crippen LogP contribution in [0.5, 0.6) is 0 Å². The molecule has 0 aromatic heterocycles. The molecule has 0 fully saturated rings. The summed E-state index contributed by atoms with van der Waals surface area (Å²) in [6, 6.07) is 3.62. The average molecular weight is 271 g/mol. The van der Waals surface area contributed by atoms with Crippen LogP contribution in [0.2, 0.25) is 0 Å². The number of carbonyl (C=O) groups is 1. The Balaban J connectivity index is 3.01. The molecule has 0 bridgehead atoms. The number of nitrogens with two attached hydrogens (primary N) is 1. The molecule has 1 aromatic carbocycles. The smallest absolute Gasteiger partial charge is 0.328 e. The molecule has 1 rings (SSSR count). The Morgan fingerprint density at radius 3 is 2.50 bits per heavy atom. The monoisotopic (exact) mass is 271 g/mol. The number of rotatable bonds is 3. The van der Waals surface area contributed by atoms with Gasteiger partial charge in [-0.25, -0.2) is 17.9 Å². The molecular formula is C11H17N3O3S. The normalized spacial score (nSPS) is 11.3. The summed E-state index contributed by atoms with van der Waals surface area (Å²) in [6.07, 6.45) is 0. The number of amides is 2. The topological polar surface area (TPSA) is 101 Å². The molecule has 0 aliphatic rings. The molecule has 0 atom stereocenters. The number of nitrogens with one attached hydrogen (secondary N) is 2. The molecule has 6 nitrogen and oxygen atoms in total. The van der Waals surface area contributed by atoms with Gasteiger partial charge in [-0.2, -0.15) is 0 Å². The lowest BCUT2D eigenvalue weighted by Crippen LogP contribution is -2.42.